The Morgan fingerprint density at radius 1 is 1.03 bits per heavy atom. The standard InChI is InChI=1S/C24H31N5O4/c1-24(2,3)33-23(31)28-9-4-5-12-32-13-11-27-22-18-8-10-26-15-19(18)17-7-6-16(21(25)30)14-20(17)29-22/h6-8,10,14-15H,4-5,9,11-13H2,1-3H3,(H2,25,30)(H,27,29)(H,28,31). The number of nitrogens with zero attached hydrogens (tertiary/aromatic N) is 2. The molecule has 9 nitrogen and oxygen atoms in total. The number of aromatic nitrogens is 2. The Kier molecular flexibility index (Phi) is 8.00. The molecule has 0 unspecified atom stereocenters. The molecule has 3 aromatic rings. The molecule has 176 valence electrons. The van der Waals surface area contributed by atoms with Crippen LogP contribution in [-0.4, -0.2) is 53.9 Å². The van der Waals surface area contributed by atoms with Crippen LogP contribution >= 0.6 is 0 Å². The zero-order valence-corrected chi connectivity index (χ0v) is 19.3. The molecule has 0 saturated carbocycles. The summed E-state index contributed by atoms with van der Waals surface area (Å²) in [4.78, 5) is 32.1. The van der Waals surface area contributed by atoms with Crippen LogP contribution in [0, 0.1) is 0 Å². The summed E-state index contributed by atoms with van der Waals surface area (Å²) < 4.78 is 10.9. The summed E-state index contributed by atoms with van der Waals surface area (Å²) in [5.41, 5.74) is 6.00. The number of fused-ring (bicyclic) bond motifs is 3. The van der Waals surface area contributed by atoms with Crippen LogP contribution in [0.5, 0.6) is 0 Å². The van der Waals surface area contributed by atoms with Crippen molar-refractivity contribution in [3.8, 4) is 0 Å². The highest BCUT2D eigenvalue weighted by atomic mass is 16.6. The lowest BCUT2D eigenvalue weighted by Gasteiger charge is -2.19. The highest BCUT2D eigenvalue weighted by Crippen LogP contribution is 2.29. The number of unbranched alkanes of at least 4 members (excludes halogenated alkanes) is 1. The number of benzene rings is 1. The Labute approximate surface area is 193 Å². The number of amides is 2. The first-order chi connectivity index (χ1) is 15.7. The highest BCUT2D eigenvalue weighted by molar-refractivity contribution is 6.11. The predicted molar refractivity (Wildman–Crippen MR) is 128 cm³/mol. The van der Waals surface area contributed by atoms with Crippen LogP contribution in [0.3, 0.4) is 0 Å². The summed E-state index contributed by atoms with van der Waals surface area (Å²) in [6, 6.07) is 7.14. The minimum Gasteiger partial charge on any atom is -0.444 e. The van der Waals surface area contributed by atoms with Gasteiger partial charge in [0.2, 0.25) is 5.91 Å². The van der Waals surface area contributed by atoms with Gasteiger partial charge in [-0.25, -0.2) is 9.78 Å². The Morgan fingerprint density at radius 3 is 2.61 bits per heavy atom. The number of carbonyl (C=O) groups is 2. The number of primary amides is 1. The number of nitrogens with two attached hydrogens (primary N) is 1. The van der Waals surface area contributed by atoms with Gasteiger partial charge in [0.05, 0.1) is 12.1 Å². The molecular weight excluding hydrogens is 422 g/mol. The van der Waals surface area contributed by atoms with Crippen molar-refractivity contribution in [1.29, 1.82) is 0 Å². The molecule has 0 bridgehead atoms. The maximum atomic E-state index is 11.6. The molecule has 2 heterocycles. The molecule has 33 heavy (non-hydrogen) atoms. The molecule has 9 heteroatoms. The normalized spacial score (nSPS) is 11.5. The van der Waals surface area contributed by atoms with Gasteiger partial charge < -0.3 is 25.8 Å². The number of ether oxygens (including phenoxy) is 2. The molecule has 0 saturated heterocycles. The van der Waals surface area contributed by atoms with Gasteiger partial charge in [-0.2, -0.15) is 0 Å². The van der Waals surface area contributed by atoms with Crippen molar-refractivity contribution in [3.63, 3.8) is 0 Å². The van der Waals surface area contributed by atoms with Crippen molar-refractivity contribution < 1.29 is 19.1 Å². The maximum absolute atomic E-state index is 11.6. The smallest absolute Gasteiger partial charge is 0.407 e. The van der Waals surface area contributed by atoms with Gasteiger partial charge in [0.15, 0.2) is 0 Å². The molecular formula is C24H31N5O4. The number of hydrogen-bond acceptors (Lipinski definition) is 7. The van der Waals surface area contributed by atoms with Gasteiger partial charge in [-0.3, -0.25) is 9.78 Å². The SMILES string of the molecule is CC(C)(C)OC(=O)NCCCCOCCNc1nc2cc(C(N)=O)ccc2c2cnccc12. The van der Waals surface area contributed by atoms with Gasteiger partial charge in [-0.1, -0.05) is 6.07 Å². The molecule has 2 aromatic heterocycles. The minimum absolute atomic E-state index is 0.402. The fourth-order valence-electron chi connectivity index (χ4n) is 3.31. The Morgan fingerprint density at radius 2 is 1.85 bits per heavy atom. The average molecular weight is 454 g/mol. The van der Waals surface area contributed by atoms with Gasteiger partial charge >= 0.3 is 6.09 Å². The fraction of sp³-hybridized carbons (Fsp3) is 0.417. The lowest BCUT2D eigenvalue weighted by molar-refractivity contribution is 0.0524. The minimum atomic E-state index is -0.494. The third kappa shape index (κ3) is 7.01. The van der Waals surface area contributed by atoms with E-state index < -0.39 is 17.6 Å². The first-order valence-electron chi connectivity index (χ1n) is 11.0. The second kappa shape index (κ2) is 10.9. The summed E-state index contributed by atoms with van der Waals surface area (Å²) >= 11 is 0. The Balaban J connectivity index is 1.47. The zero-order valence-electron chi connectivity index (χ0n) is 19.3. The van der Waals surface area contributed by atoms with E-state index in [1.54, 1.807) is 24.5 Å². The van der Waals surface area contributed by atoms with Gasteiger partial charge in [0, 0.05) is 53.8 Å². The van der Waals surface area contributed by atoms with Crippen molar-refractivity contribution in [2.45, 2.75) is 39.2 Å². The van der Waals surface area contributed by atoms with E-state index in [0.717, 1.165) is 29.0 Å². The third-order valence-corrected chi connectivity index (χ3v) is 4.80. The van der Waals surface area contributed by atoms with Crippen LogP contribution < -0.4 is 16.4 Å². The summed E-state index contributed by atoms with van der Waals surface area (Å²) in [6.45, 7) is 7.72. The summed E-state index contributed by atoms with van der Waals surface area (Å²) in [5, 5.41) is 8.84. The Bertz CT molecular complexity index is 1130. The number of hydrogen-bond donors (Lipinski definition) is 3. The fourth-order valence-corrected chi connectivity index (χ4v) is 3.31. The molecule has 2 amide bonds. The van der Waals surface area contributed by atoms with Gasteiger partial charge in [0.1, 0.15) is 11.4 Å². The Hall–Kier alpha value is -3.46. The van der Waals surface area contributed by atoms with Crippen molar-refractivity contribution >= 4 is 39.5 Å². The van der Waals surface area contributed by atoms with Crippen LogP contribution in [0.1, 0.15) is 44.0 Å². The van der Waals surface area contributed by atoms with E-state index in [1.807, 2.05) is 32.9 Å². The highest BCUT2D eigenvalue weighted by Gasteiger charge is 2.15. The number of carbonyl (C=O) groups excluding carboxylic acids is 2. The van der Waals surface area contributed by atoms with E-state index >= 15 is 0 Å². The monoisotopic (exact) mass is 453 g/mol. The van der Waals surface area contributed by atoms with Crippen molar-refractivity contribution in [3.05, 3.63) is 42.2 Å². The van der Waals surface area contributed by atoms with Crippen molar-refractivity contribution in [1.82, 2.24) is 15.3 Å². The summed E-state index contributed by atoms with van der Waals surface area (Å²) in [6.07, 6.45) is 4.74. The number of alkyl carbamates (subject to hydrolysis) is 1. The molecule has 0 fully saturated rings. The summed E-state index contributed by atoms with van der Waals surface area (Å²) in [5.74, 6) is 0.209. The average Bonchev–Trinajstić information content (AvgIpc) is 2.76. The predicted octanol–water partition coefficient (Wildman–Crippen LogP) is 3.62. The molecule has 0 aliphatic rings. The van der Waals surface area contributed by atoms with Crippen LogP contribution in [0.4, 0.5) is 10.6 Å². The largest absolute Gasteiger partial charge is 0.444 e. The number of anilines is 1. The number of rotatable bonds is 10. The maximum Gasteiger partial charge on any atom is 0.407 e. The first-order valence-corrected chi connectivity index (χ1v) is 11.0. The molecule has 1 aromatic carbocycles. The van der Waals surface area contributed by atoms with E-state index in [4.69, 9.17) is 20.2 Å². The number of nitrogens with one attached hydrogen (secondary N) is 2. The van der Waals surface area contributed by atoms with Crippen LogP contribution in [0.2, 0.25) is 0 Å². The lowest BCUT2D eigenvalue weighted by atomic mass is 10.1. The first kappa shape index (κ1) is 24.2. The van der Waals surface area contributed by atoms with Gasteiger partial charge in [-0.15, -0.1) is 0 Å². The van der Waals surface area contributed by atoms with Crippen molar-refractivity contribution in [2.24, 2.45) is 5.73 Å². The molecule has 3 rings (SSSR count). The van der Waals surface area contributed by atoms with Crippen molar-refractivity contribution in [2.75, 3.05) is 31.6 Å². The van der Waals surface area contributed by atoms with E-state index in [0.29, 0.717) is 43.2 Å². The van der Waals surface area contributed by atoms with Gasteiger partial charge in [-0.05, 0) is 51.8 Å². The molecule has 0 aliphatic heterocycles. The zero-order chi connectivity index (χ0) is 23.8. The van der Waals surface area contributed by atoms with E-state index in [2.05, 4.69) is 15.6 Å². The molecule has 4 N–H and O–H groups in total. The number of pyridine rings is 2. The lowest BCUT2D eigenvalue weighted by Crippen LogP contribution is -2.33. The van der Waals surface area contributed by atoms with Crippen LogP contribution in [-0.2, 0) is 9.47 Å². The molecule has 0 spiro atoms. The van der Waals surface area contributed by atoms with E-state index in [9.17, 15) is 9.59 Å². The molecule has 0 radical (unpaired) electrons. The molecule has 0 atom stereocenters. The molecule has 0 aliphatic carbocycles. The quantitative estimate of drug-likeness (QED) is 0.316. The van der Waals surface area contributed by atoms with Gasteiger partial charge in [0.25, 0.3) is 0 Å². The topological polar surface area (TPSA) is 128 Å². The van der Waals surface area contributed by atoms with E-state index in [1.165, 1.54) is 0 Å². The summed E-state index contributed by atoms with van der Waals surface area (Å²) in [7, 11) is 0. The van der Waals surface area contributed by atoms with Crippen LogP contribution in [0.15, 0.2) is 36.7 Å². The second-order valence-electron chi connectivity index (χ2n) is 8.65. The third-order valence-electron chi connectivity index (χ3n) is 4.80. The van der Waals surface area contributed by atoms with E-state index in [-0.39, 0.29) is 0 Å². The second-order valence-corrected chi connectivity index (χ2v) is 8.65. The van der Waals surface area contributed by atoms with Crippen LogP contribution in [0.25, 0.3) is 21.7 Å².